The van der Waals surface area contributed by atoms with Crippen molar-refractivity contribution in [2.45, 2.75) is 43.4 Å². The summed E-state index contributed by atoms with van der Waals surface area (Å²) in [6, 6.07) is 6.88. The molecule has 5 heteroatoms. The first-order chi connectivity index (χ1) is 10.2. The molecule has 1 atom stereocenters. The Morgan fingerprint density at radius 1 is 1.19 bits per heavy atom. The molecule has 112 valence electrons. The summed E-state index contributed by atoms with van der Waals surface area (Å²) in [5.74, 6) is 2.27. The van der Waals surface area contributed by atoms with Crippen molar-refractivity contribution in [3.63, 3.8) is 0 Å². The Balaban J connectivity index is 1.66. The molecule has 1 aromatic carbocycles. The molecule has 1 unspecified atom stereocenters. The highest BCUT2D eigenvalue weighted by molar-refractivity contribution is 7.99. The first-order valence-corrected chi connectivity index (χ1v) is 8.79. The molecule has 2 heterocycles. The molecule has 1 spiro atoms. The fourth-order valence-electron chi connectivity index (χ4n) is 3.47. The highest BCUT2D eigenvalue weighted by Gasteiger charge is 2.60. The minimum atomic E-state index is -0.316. The quantitative estimate of drug-likeness (QED) is 0.912. The first kappa shape index (κ1) is 13.6. The van der Waals surface area contributed by atoms with E-state index in [1.165, 1.54) is 12.1 Å². The van der Waals surface area contributed by atoms with Crippen molar-refractivity contribution in [1.82, 2.24) is 10.2 Å². The van der Waals surface area contributed by atoms with Crippen molar-refractivity contribution >= 4 is 17.7 Å². The van der Waals surface area contributed by atoms with E-state index >= 15 is 0 Å². The van der Waals surface area contributed by atoms with Crippen LogP contribution in [0.3, 0.4) is 0 Å². The van der Waals surface area contributed by atoms with Gasteiger partial charge in [-0.1, -0.05) is 12.1 Å². The van der Waals surface area contributed by atoms with Crippen LogP contribution >= 0.6 is 11.8 Å². The van der Waals surface area contributed by atoms with Crippen LogP contribution < -0.4 is 5.32 Å². The second-order valence-electron chi connectivity index (χ2n) is 6.24. The predicted octanol–water partition coefficient (Wildman–Crippen LogP) is 2.68. The van der Waals surface area contributed by atoms with Gasteiger partial charge in [-0.3, -0.25) is 10.1 Å². The molecule has 4 rings (SSSR count). The van der Waals surface area contributed by atoms with E-state index in [4.69, 9.17) is 0 Å². The molecule has 2 saturated heterocycles. The number of benzene rings is 1. The fraction of sp³-hybridized carbons (Fsp3) is 0.562. The van der Waals surface area contributed by atoms with Crippen LogP contribution in [-0.2, 0) is 4.79 Å². The van der Waals surface area contributed by atoms with E-state index in [-0.39, 0.29) is 23.4 Å². The molecule has 3 nitrogen and oxygen atoms in total. The second-order valence-corrected chi connectivity index (χ2v) is 7.46. The Morgan fingerprint density at radius 3 is 2.48 bits per heavy atom. The van der Waals surface area contributed by atoms with Gasteiger partial charge in [0.1, 0.15) is 17.5 Å². The van der Waals surface area contributed by atoms with Crippen LogP contribution in [0, 0.1) is 5.82 Å². The van der Waals surface area contributed by atoms with Crippen LogP contribution in [0.15, 0.2) is 24.3 Å². The highest BCUT2D eigenvalue weighted by atomic mass is 32.2. The first-order valence-electron chi connectivity index (χ1n) is 7.63. The molecular formula is C16H19FN2OS. The maximum Gasteiger partial charge on any atom is 0.244 e. The molecule has 0 aromatic heterocycles. The van der Waals surface area contributed by atoms with Gasteiger partial charge in [0.2, 0.25) is 5.91 Å². The zero-order valence-electron chi connectivity index (χ0n) is 11.8. The highest BCUT2D eigenvalue weighted by Crippen LogP contribution is 2.47. The summed E-state index contributed by atoms with van der Waals surface area (Å²) in [6.45, 7) is 0. The number of nitrogens with one attached hydrogen (secondary N) is 1. The molecule has 0 bridgehead atoms. The minimum absolute atomic E-state index is 0.0892. The number of nitrogens with zero attached hydrogens (tertiary/aromatic N) is 1. The zero-order valence-corrected chi connectivity index (χ0v) is 12.7. The lowest BCUT2D eigenvalue weighted by atomic mass is 10.1. The number of rotatable bonds is 2. The van der Waals surface area contributed by atoms with Crippen LogP contribution in [0.5, 0.6) is 0 Å². The topological polar surface area (TPSA) is 32.3 Å². The smallest absolute Gasteiger partial charge is 0.244 e. The average molecular weight is 306 g/mol. The van der Waals surface area contributed by atoms with Gasteiger partial charge in [-0.25, -0.2) is 4.39 Å². The van der Waals surface area contributed by atoms with Crippen LogP contribution in [0.1, 0.15) is 37.4 Å². The number of amides is 1. The largest absolute Gasteiger partial charge is 0.318 e. The summed E-state index contributed by atoms with van der Waals surface area (Å²) in [6.07, 6.45) is 3.90. The van der Waals surface area contributed by atoms with Crippen molar-refractivity contribution in [3.05, 3.63) is 35.6 Å². The fourth-order valence-corrected chi connectivity index (χ4v) is 4.55. The summed E-state index contributed by atoms with van der Waals surface area (Å²) in [5, 5.41) is 3.52. The van der Waals surface area contributed by atoms with Crippen molar-refractivity contribution in [3.8, 4) is 0 Å². The van der Waals surface area contributed by atoms with Crippen LogP contribution in [0.4, 0.5) is 4.39 Å². The Hall–Kier alpha value is -1.07. The lowest BCUT2D eigenvalue weighted by molar-refractivity contribution is -0.133. The number of carbonyl (C=O) groups is 1. The lowest BCUT2D eigenvalue weighted by Gasteiger charge is -2.35. The maximum absolute atomic E-state index is 13.2. The van der Waals surface area contributed by atoms with E-state index in [0.29, 0.717) is 6.04 Å². The third-order valence-electron chi connectivity index (χ3n) is 4.86. The van der Waals surface area contributed by atoms with Gasteiger partial charge in [-0.2, -0.15) is 11.8 Å². The number of thioether (sulfide) groups is 1. The average Bonchev–Trinajstić information content (AvgIpc) is 3.23. The molecule has 1 aliphatic carbocycles. The third-order valence-corrected chi connectivity index (χ3v) is 5.90. The standard InChI is InChI=1S/C16H19FN2OS/c17-12-3-1-11(2-4-12)14-18-16(7-8-16)15(20)19(14)13-5-9-21-10-6-13/h1-4,13-14,18H,5-10H2. The van der Waals surface area contributed by atoms with Gasteiger partial charge in [0.25, 0.3) is 0 Å². The van der Waals surface area contributed by atoms with E-state index in [0.717, 1.165) is 42.8 Å². The van der Waals surface area contributed by atoms with Gasteiger partial charge in [0.15, 0.2) is 0 Å². The summed E-state index contributed by atoms with van der Waals surface area (Å²) in [4.78, 5) is 14.9. The molecule has 1 aromatic rings. The van der Waals surface area contributed by atoms with Gasteiger partial charge < -0.3 is 4.90 Å². The van der Waals surface area contributed by atoms with E-state index in [1.54, 1.807) is 12.1 Å². The van der Waals surface area contributed by atoms with Crippen molar-refractivity contribution < 1.29 is 9.18 Å². The van der Waals surface area contributed by atoms with Crippen LogP contribution in [0.2, 0.25) is 0 Å². The third kappa shape index (κ3) is 2.27. The maximum atomic E-state index is 13.2. The van der Waals surface area contributed by atoms with Crippen molar-refractivity contribution in [2.75, 3.05) is 11.5 Å². The SMILES string of the molecule is O=C1N(C2CCSCC2)C(c2ccc(F)cc2)NC12CC2. The summed E-state index contributed by atoms with van der Waals surface area (Å²) >= 11 is 1.97. The molecule has 1 N–H and O–H groups in total. The van der Waals surface area contributed by atoms with E-state index in [9.17, 15) is 9.18 Å². The molecule has 0 radical (unpaired) electrons. The molecule has 3 fully saturated rings. The number of carbonyl (C=O) groups excluding carboxylic acids is 1. The Labute approximate surface area is 128 Å². The van der Waals surface area contributed by atoms with E-state index in [1.807, 2.05) is 11.8 Å². The molecular weight excluding hydrogens is 287 g/mol. The predicted molar refractivity (Wildman–Crippen MR) is 81.4 cm³/mol. The monoisotopic (exact) mass is 306 g/mol. The summed E-state index contributed by atoms with van der Waals surface area (Å²) < 4.78 is 13.2. The second kappa shape index (κ2) is 4.99. The number of halogens is 1. The zero-order chi connectivity index (χ0) is 14.4. The molecule has 3 aliphatic rings. The minimum Gasteiger partial charge on any atom is -0.318 e. The van der Waals surface area contributed by atoms with Gasteiger partial charge in [0, 0.05) is 6.04 Å². The summed E-state index contributed by atoms with van der Waals surface area (Å²) in [7, 11) is 0. The van der Waals surface area contributed by atoms with Gasteiger partial charge >= 0.3 is 0 Å². The van der Waals surface area contributed by atoms with Crippen LogP contribution in [-0.4, -0.2) is 33.9 Å². The van der Waals surface area contributed by atoms with E-state index < -0.39 is 0 Å². The van der Waals surface area contributed by atoms with Gasteiger partial charge in [0.05, 0.1) is 0 Å². The molecule has 1 saturated carbocycles. The molecule has 2 aliphatic heterocycles. The lowest BCUT2D eigenvalue weighted by Crippen LogP contribution is -2.42. The molecule has 21 heavy (non-hydrogen) atoms. The Kier molecular flexibility index (Phi) is 3.23. The van der Waals surface area contributed by atoms with Crippen molar-refractivity contribution in [2.24, 2.45) is 0 Å². The van der Waals surface area contributed by atoms with Crippen LogP contribution in [0.25, 0.3) is 0 Å². The number of hydrogen-bond acceptors (Lipinski definition) is 3. The normalized spacial score (nSPS) is 28.3. The molecule has 1 amide bonds. The van der Waals surface area contributed by atoms with Gasteiger partial charge in [-0.15, -0.1) is 0 Å². The Morgan fingerprint density at radius 2 is 1.86 bits per heavy atom. The summed E-state index contributed by atoms with van der Waals surface area (Å²) in [5.41, 5.74) is 0.677. The number of hydrogen-bond donors (Lipinski definition) is 1. The van der Waals surface area contributed by atoms with Gasteiger partial charge in [-0.05, 0) is 54.9 Å². The van der Waals surface area contributed by atoms with E-state index in [2.05, 4.69) is 10.2 Å². The Bertz CT molecular complexity index is 552. The van der Waals surface area contributed by atoms with Crippen molar-refractivity contribution in [1.29, 1.82) is 0 Å².